The summed E-state index contributed by atoms with van der Waals surface area (Å²) >= 11 is 13.1. The number of carbonyl (C=O) groups excluding carboxylic acids is 1. The van der Waals surface area contributed by atoms with E-state index < -0.39 is 0 Å². The van der Waals surface area contributed by atoms with Gasteiger partial charge in [-0.1, -0.05) is 0 Å². The first-order valence-corrected chi connectivity index (χ1v) is 8.81. The predicted molar refractivity (Wildman–Crippen MR) is 90.0 cm³/mol. The van der Waals surface area contributed by atoms with Crippen LogP contribution in [0.25, 0.3) is 0 Å². The van der Waals surface area contributed by atoms with Gasteiger partial charge >= 0.3 is 5.97 Å². The number of esters is 1. The van der Waals surface area contributed by atoms with E-state index in [9.17, 15) is 4.79 Å². The van der Waals surface area contributed by atoms with Gasteiger partial charge in [-0.3, -0.25) is 0 Å². The summed E-state index contributed by atoms with van der Waals surface area (Å²) in [4.78, 5) is 25.2. The number of fused-ring (bicyclic) bond motifs is 1. The largest absolute Gasteiger partial charge is 0.462 e. The second-order valence-electron chi connectivity index (χ2n) is 4.96. The van der Waals surface area contributed by atoms with E-state index in [0.717, 1.165) is 31.2 Å². The van der Waals surface area contributed by atoms with Crippen molar-refractivity contribution < 1.29 is 9.53 Å². The fraction of sp³-hybridized carbons (Fsp3) is 0.429. The highest BCUT2D eigenvalue weighted by Gasteiger charge is 2.26. The fourth-order valence-electron chi connectivity index (χ4n) is 2.56. The molecular formula is C14H14Cl2N4O2S. The Bertz CT molecular complexity index is 730. The summed E-state index contributed by atoms with van der Waals surface area (Å²) in [6.45, 7) is 2.11. The zero-order chi connectivity index (χ0) is 16.4. The number of nitrogens with one attached hydrogen (secondary N) is 1. The average molecular weight is 373 g/mol. The second kappa shape index (κ2) is 6.98. The average Bonchev–Trinajstić information content (AvgIpc) is 2.84. The smallest absolute Gasteiger partial charge is 0.341 e. The molecule has 0 fully saturated rings. The summed E-state index contributed by atoms with van der Waals surface area (Å²) in [5.74, 6) is -0.125. The van der Waals surface area contributed by atoms with Crippen molar-refractivity contribution >= 4 is 51.5 Å². The molecule has 0 saturated heterocycles. The van der Waals surface area contributed by atoms with Gasteiger partial charge in [0.05, 0.1) is 12.2 Å². The van der Waals surface area contributed by atoms with E-state index in [1.807, 2.05) is 0 Å². The fourth-order valence-corrected chi connectivity index (χ4v) is 4.19. The van der Waals surface area contributed by atoms with E-state index in [1.165, 1.54) is 16.2 Å². The lowest BCUT2D eigenvalue weighted by Crippen LogP contribution is -2.11. The Labute approximate surface area is 147 Å². The van der Waals surface area contributed by atoms with Crippen molar-refractivity contribution in [1.82, 2.24) is 15.0 Å². The van der Waals surface area contributed by atoms with Gasteiger partial charge in [0, 0.05) is 4.88 Å². The summed E-state index contributed by atoms with van der Waals surface area (Å²) in [6, 6.07) is 0. The van der Waals surface area contributed by atoms with Crippen LogP contribution in [0.4, 0.5) is 10.9 Å². The minimum Gasteiger partial charge on any atom is -0.462 e. The first-order chi connectivity index (χ1) is 11.1. The Hall–Kier alpha value is -1.44. The number of aryl methyl sites for hydroxylation is 1. The number of nitrogens with zero attached hydrogens (tertiary/aromatic N) is 3. The van der Waals surface area contributed by atoms with Crippen LogP contribution >= 0.6 is 34.5 Å². The standard InChI is InChI=1S/C14H14Cl2N4O2S/c1-2-22-11(21)9-7-5-3-4-6-8(7)23-10(9)17-14-19-12(15)18-13(16)20-14/h2-6H2,1H3,(H,17,18,19,20). The summed E-state index contributed by atoms with van der Waals surface area (Å²) < 4.78 is 5.20. The van der Waals surface area contributed by atoms with Gasteiger partial charge in [-0.05, 0) is 61.4 Å². The minimum absolute atomic E-state index is 0.00787. The summed E-state index contributed by atoms with van der Waals surface area (Å²) in [5, 5.41) is 3.68. The van der Waals surface area contributed by atoms with Crippen LogP contribution in [0.15, 0.2) is 0 Å². The molecule has 6 nitrogen and oxygen atoms in total. The molecule has 122 valence electrons. The number of rotatable bonds is 4. The monoisotopic (exact) mass is 372 g/mol. The van der Waals surface area contributed by atoms with Crippen LogP contribution in [0, 0.1) is 0 Å². The number of halogens is 2. The number of carbonyl (C=O) groups is 1. The topological polar surface area (TPSA) is 77.0 Å². The molecule has 1 N–H and O–H groups in total. The van der Waals surface area contributed by atoms with Crippen LogP contribution in [-0.2, 0) is 17.6 Å². The molecule has 0 radical (unpaired) electrons. The van der Waals surface area contributed by atoms with Crippen molar-refractivity contribution in [2.24, 2.45) is 0 Å². The van der Waals surface area contributed by atoms with Gasteiger partial charge in [0.2, 0.25) is 16.5 Å². The Kier molecular flexibility index (Phi) is 4.99. The van der Waals surface area contributed by atoms with Gasteiger partial charge in [-0.25, -0.2) is 4.79 Å². The number of anilines is 2. The van der Waals surface area contributed by atoms with Crippen molar-refractivity contribution in [3.63, 3.8) is 0 Å². The molecule has 1 aliphatic rings. The molecule has 0 aliphatic heterocycles. The van der Waals surface area contributed by atoms with E-state index in [-0.39, 0.29) is 22.5 Å². The Balaban J connectivity index is 2.00. The first-order valence-electron chi connectivity index (χ1n) is 7.24. The highest BCUT2D eigenvalue weighted by molar-refractivity contribution is 7.16. The summed E-state index contributed by atoms with van der Waals surface area (Å²) in [5.41, 5.74) is 1.63. The Morgan fingerprint density at radius 1 is 1.22 bits per heavy atom. The number of ether oxygens (including phenoxy) is 1. The van der Waals surface area contributed by atoms with Gasteiger partial charge < -0.3 is 10.1 Å². The maximum absolute atomic E-state index is 12.4. The molecule has 2 aromatic heterocycles. The third-order valence-electron chi connectivity index (χ3n) is 3.46. The van der Waals surface area contributed by atoms with Crippen LogP contribution in [-0.4, -0.2) is 27.5 Å². The quantitative estimate of drug-likeness (QED) is 0.816. The zero-order valence-electron chi connectivity index (χ0n) is 12.4. The van der Waals surface area contributed by atoms with Crippen LogP contribution in [0.3, 0.4) is 0 Å². The van der Waals surface area contributed by atoms with Crippen molar-refractivity contribution in [3.8, 4) is 0 Å². The molecule has 0 saturated carbocycles. The number of aromatic nitrogens is 3. The van der Waals surface area contributed by atoms with E-state index in [2.05, 4.69) is 20.3 Å². The summed E-state index contributed by atoms with van der Waals surface area (Å²) in [6.07, 6.45) is 4.03. The van der Waals surface area contributed by atoms with Crippen LogP contribution in [0.5, 0.6) is 0 Å². The molecule has 0 amide bonds. The lowest BCUT2D eigenvalue weighted by atomic mass is 9.95. The molecule has 0 bridgehead atoms. The molecule has 0 unspecified atom stereocenters. The van der Waals surface area contributed by atoms with Crippen molar-refractivity contribution in [1.29, 1.82) is 0 Å². The van der Waals surface area contributed by atoms with Crippen LogP contribution < -0.4 is 5.32 Å². The van der Waals surface area contributed by atoms with E-state index in [0.29, 0.717) is 17.2 Å². The molecule has 0 aromatic carbocycles. The van der Waals surface area contributed by atoms with Crippen molar-refractivity contribution in [2.75, 3.05) is 11.9 Å². The molecule has 1 aliphatic carbocycles. The first kappa shape index (κ1) is 16.4. The molecule has 2 heterocycles. The Morgan fingerprint density at radius 2 is 1.91 bits per heavy atom. The molecule has 2 aromatic rings. The number of hydrogen-bond acceptors (Lipinski definition) is 7. The predicted octanol–water partition coefficient (Wildman–Crippen LogP) is 4.04. The zero-order valence-corrected chi connectivity index (χ0v) is 14.7. The molecule has 0 atom stereocenters. The van der Waals surface area contributed by atoms with E-state index in [4.69, 9.17) is 27.9 Å². The maximum Gasteiger partial charge on any atom is 0.341 e. The third kappa shape index (κ3) is 3.57. The van der Waals surface area contributed by atoms with E-state index >= 15 is 0 Å². The van der Waals surface area contributed by atoms with Gasteiger partial charge in [0.1, 0.15) is 5.00 Å². The molecule has 3 rings (SSSR count). The Morgan fingerprint density at radius 3 is 2.61 bits per heavy atom. The summed E-state index contributed by atoms with van der Waals surface area (Å²) in [7, 11) is 0. The van der Waals surface area contributed by atoms with Gasteiger partial charge in [-0.2, -0.15) is 15.0 Å². The SMILES string of the molecule is CCOC(=O)c1c(Nc2nc(Cl)nc(Cl)n2)sc2c1CCCC2. The molecule has 0 spiro atoms. The van der Waals surface area contributed by atoms with Crippen LogP contribution in [0.2, 0.25) is 10.6 Å². The molecule has 9 heteroatoms. The third-order valence-corrected chi connectivity index (χ3v) is 5.00. The number of hydrogen-bond donors (Lipinski definition) is 1. The van der Waals surface area contributed by atoms with E-state index in [1.54, 1.807) is 6.92 Å². The van der Waals surface area contributed by atoms with Crippen molar-refractivity contribution in [2.45, 2.75) is 32.6 Å². The van der Waals surface area contributed by atoms with Gasteiger partial charge in [-0.15, -0.1) is 11.3 Å². The molecule has 23 heavy (non-hydrogen) atoms. The normalized spacial score (nSPS) is 13.5. The highest BCUT2D eigenvalue weighted by atomic mass is 35.5. The lowest BCUT2D eigenvalue weighted by molar-refractivity contribution is 0.0526. The van der Waals surface area contributed by atoms with Crippen molar-refractivity contribution in [3.05, 3.63) is 26.6 Å². The van der Waals surface area contributed by atoms with Gasteiger partial charge in [0.25, 0.3) is 0 Å². The number of thiophene rings is 1. The van der Waals surface area contributed by atoms with Crippen LogP contribution in [0.1, 0.15) is 40.6 Å². The minimum atomic E-state index is -0.333. The molecular weight excluding hydrogens is 359 g/mol. The lowest BCUT2D eigenvalue weighted by Gasteiger charge is -2.12. The van der Waals surface area contributed by atoms with Gasteiger partial charge in [0.15, 0.2) is 0 Å². The second-order valence-corrected chi connectivity index (χ2v) is 6.74. The highest BCUT2D eigenvalue weighted by Crippen LogP contribution is 2.39. The maximum atomic E-state index is 12.4.